The number of thioether (sulfide) groups is 1. The summed E-state index contributed by atoms with van der Waals surface area (Å²) in [5, 5.41) is 11.4. The van der Waals surface area contributed by atoms with E-state index in [0.29, 0.717) is 0 Å². The van der Waals surface area contributed by atoms with E-state index in [1.54, 1.807) is 25.1 Å². The fraction of sp³-hybridized carbons (Fsp3) is 0.438. The van der Waals surface area contributed by atoms with Crippen molar-refractivity contribution >= 4 is 23.4 Å². The van der Waals surface area contributed by atoms with Crippen molar-refractivity contribution in [2.75, 3.05) is 5.32 Å². The summed E-state index contributed by atoms with van der Waals surface area (Å²) in [7, 11) is 0. The standard InChI is InChI=1S/C16H19FN4OS/c1-11(15(22)18-13-8-5-4-7-12(13)17)23-16-20-19-14-9-3-2-6-10-21(14)16/h4-5,7-8,11H,2-3,6,9-10H2,1H3,(H,18,22)/t11-/m1/s1. The van der Waals surface area contributed by atoms with Crippen molar-refractivity contribution < 1.29 is 9.18 Å². The lowest BCUT2D eigenvalue weighted by Gasteiger charge is -2.13. The highest BCUT2D eigenvalue weighted by Gasteiger charge is 2.21. The number of para-hydroxylation sites is 1. The van der Waals surface area contributed by atoms with Crippen LogP contribution < -0.4 is 5.32 Å². The molecule has 1 amide bonds. The normalized spacial score (nSPS) is 15.6. The van der Waals surface area contributed by atoms with Gasteiger partial charge in [0.2, 0.25) is 5.91 Å². The molecule has 0 saturated heterocycles. The van der Waals surface area contributed by atoms with Gasteiger partial charge in [-0.25, -0.2) is 4.39 Å². The van der Waals surface area contributed by atoms with Crippen LogP contribution in [0.25, 0.3) is 0 Å². The Balaban J connectivity index is 1.67. The second kappa shape index (κ2) is 7.12. The zero-order valence-corrected chi connectivity index (χ0v) is 13.8. The molecule has 3 rings (SSSR count). The van der Waals surface area contributed by atoms with Gasteiger partial charge in [-0.3, -0.25) is 4.79 Å². The summed E-state index contributed by atoms with van der Waals surface area (Å²) in [5.41, 5.74) is 0.199. The lowest BCUT2D eigenvalue weighted by molar-refractivity contribution is -0.115. The number of carbonyl (C=O) groups excluding carboxylic acids is 1. The molecule has 1 atom stereocenters. The van der Waals surface area contributed by atoms with Crippen molar-refractivity contribution in [1.82, 2.24) is 14.8 Å². The van der Waals surface area contributed by atoms with Crippen LogP contribution in [0.4, 0.5) is 10.1 Å². The summed E-state index contributed by atoms with van der Waals surface area (Å²) in [6.07, 6.45) is 4.36. The average molecular weight is 334 g/mol. The molecule has 2 aromatic rings. The number of aromatic nitrogens is 3. The highest BCUT2D eigenvalue weighted by atomic mass is 32.2. The summed E-state index contributed by atoms with van der Waals surface area (Å²) in [6.45, 7) is 2.69. The summed E-state index contributed by atoms with van der Waals surface area (Å²) in [6, 6.07) is 6.16. The smallest absolute Gasteiger partial charge is 0.237 e. The topological polar surface area (TPSA) is 59.8 Å². The summed E-state index contributed by atoms with van der Waals surface area (Å²) >= 11 is 1.36. The summed E-state index contributed by atoms with van der Waals surface area (Å²) in [5.74, 6) is 0.312. The third-order valence-corrected chi connectivity index (χ3v) is 4.94. The van der Waals surface area contributed by atoms with Crippen LogP contribution in [-0.4, -0.2) is 25.9 Å². The first kappa shape index (κ1) is 16.0. The number of nitrogens with zero attached hydrogens (tertiary/aromatic N) is 3. The van der Waals surface area contributed by atoms with Crippen molar-refractivity contribution in [1.29, 1.82) is 0 Å². The Labute approximate surface area is 138 Å². The summed E-state index contributed by atoms with van der Waals surface area (Å²) in [4.78, 5) is 12.3. The van der Waals surface area contributed by atoms with Crippen molar-refractivity contribution in [2.45, 2.75) is 49.6 Å². The molecular formula is C16H19FN4OS. The van der Waals surface area contributed by atoms with Gasteiger partial charge in [-0.05, 0) is 31.9 Å². The van der Waals surface area contributed by atoms with Crippen LogP contribution in [-0.2, 0) is 17.8 Å². The van der Waals surface area contributed by atoms with Gasteiger partial charge in [0, 0.05) is 13.0 Å². The minimum Gasteiger partial charge on any atom is -0.323 e. The Morgan fingerprint density at radius 1 is 1.30 bits per heavy atom. The molecule has 0 bridgehead atoms. The third-order valence-electron chi connectivity index (χ3n) is 3.86. The first-order valence-corrected chi connectivity index (χ1v) is 8.67. The minimum absolute atomic E-state index is 0.199. The Kier molecular flexibility index (Phi) is 4.95. The molecule has 0 radical (unpaired) electrons. The molecule has 0 unspecified atom stereocenters. The maximum atomic E-state index is 13.6. The van der Waals surface area contributed by atoms with E-state index in [4.69, 9.17) is 0 Å². The molecule has 0 saturated carbocycles. The molecule has 1 aliphatic rings. The molecule has 0 fully saturated rings. The van der Waals surface area contributed by atoms with E-state index in [-0.39, 0.29) is 16.8 Å². The fourth-order valence-electron chi connectivity index (χ4n) is 2.55. The van der Waals surface area contributed by atoms with E-state index in [9.17, 15) is 9.18 Å². The average Bonchev–Trinajstić information content (AvgIpc) is 2.77. The number of anilines is 1. The van der Waals surface area contributed by atoms with E-state index in [1.807, 2.05) is 0 Å². The third kappa shape index (κ3) is 3.72. The van der Waals surface area contributed by atoms with Gasteiger partial charge < -0.3 is 9.88 Å². The van der Waals surface area contributed by atoms with Crippen molar-refractivity contribution in [3.63, 3.8) is 0 Å². The molecule has 7 heteroatoms. The lowest BCUT2D eigenvalue weighted by atomic mass is 10.2. The van der Waals surface area contributed by atoms with Crippen LogP contribution >= 0.6 is 11.8 Å². The largest absolute Gasteiger partial charge is 0.323 e. The minimum atomic E-state index is -0.436. The lowest BCUT2D eigenvalue weighted by Crippen LogP contribution is -2.23. The van der Waals surface area contributed by atoms with Crippen molar-refractivity contribution in [2.24, 2.45) is 0 Å². The molecule has 0 spiro atoms. The Hall–Kier alpha value is -1.89. The Bertz CT molecular complexity index is 703. The Morgan fingerprint density at radius 2 is 2.13 bits per heavy atom. The predicted octanol–water partition coefficient (Wildman–Crippen LogP) is 3.26. The van der Waals surface area contributed by atoms with E-state index in [2.05, 4.69) is 20.1 Å². The molecule has 1 aromatic carbocycles. The molecular weight excluding hydrogens is 315 g/mol. The molecule has 23 heavy (non-hydrogen) atoms. The molecule has 1 aromatic heterocycles. The highest BCUT2D eigenvalue weighted by Crippen LogP contribution is 2.26. The number of halogens is 1. The van der Waals surface area contributed by atoms with Crippen molar-refractivity contribution in [3.8, 4) is 0 Å². The van der Waals surface area contributed by atoms with Gasteiger partial charge in [-0.1, -0.05) is 30.3 Å². The zero-order valence-electron chi connectivity index (χ0n) is 13.0. The first-order chi connectivity index (χ1) is 11.1. The van der Waals surface area contributed by atoms with Crippen LogP contribution in [0.3, 0.4) is 0 Å². The quantitative estimate of drug-likeness (QED) is 0.872. The van der Waals surface area contributed by atoms with Crippen LogP contribution in [0, 0.1) is 5.82 Å². The van der Waals surface area contributed by atoms with E-state index in [1.165, 1.54) is 24.2 Å². The van der Waals surface area contributed by atoms with E-state index >= 15 is 0 Å². The molecule has 2 heterocycles. The zero-order chi connectivity index (χ0) is 16.2. The van der Waals surface area contributed by atoms with E-state index in [0.717, 1.165) is 36.8 Å². The number of amides is 1. The number of fused-ring (bicyclic) bond motifs is 1. The van der Waals surface area contributed by atoms with Gasteiger partial charge in [-0.15, -0.1) is 10.2 Å². The fourth-order valence-corrected chi connectivity index (χ4v) is 3.45. The number of benzene rings is 1. The molecule has 122 valence electrons. The van der Waals surface area contributed by atoms with Crippen LogP contribution in [0.15, 0.2) is 29.4 Å². The maximum absolute atomic E-state index is 13.6. The monoisotopic (exact) mass is 334 g/mol. The van der Waals surface area contributed by atoms with E-state index < -0.39 is 5.82 Å². The molecule has 1 aliphatic heterocycles. The number of carbonyl (C=O) groups is 1. The first-order valence-electron chi connectivity index (χ1n) is 7.79. The maximum Gasteiger partial charge on any atom is 0.237 e. The molecule has 1 N–H and O–H groups in total. The number of hydrogen-bond acceptors (Lipinski definition) is 4. The van der Waals surface area contributed by atoms with Crippen LogP contribution in [0.5, 0.6) is 0 Å². The predicted molar refractivity (Wildman–Crippen MR) is 87.9 cm³/mol. The summed E-state index contributed by atoms with van der Waals surface area (Å²) < 4.78 is 15.7. The number of rotatable bonds is 4. The highest BCUT2D eigenvalue weighted by molar-refractivity contribution is 8.00. The van der Waals surface area contributed by atoms with Gasteiger partial charge in [0.1, 0.15) is 11.6 Å². The van der Waals surface area contributed by atoms with Gasteiger partial charge in [0.25, 0.3) is 0 Å². The van der Waals surface area contributed by atoms with Crippen LogP contribution in [0.1, 0.15) is 32.0 Å². The van der Waals surface area contributed by atoms with Gasteiger partial charge in [0.05, 0.1) is 10.9 Å². The number of nitrogens with one attached hydrogen (secondary N) is 1. The number of aryl methyl sites for hydroxylation is 1. The molecule has 0 aliphatic carbocycles. The number of hydrogen-bond donors (Lipinski definition) is 1. The van der Waals surface area contributed by atoms with Crippen molar-refractivity contribution in [3.05, 3.63) is 35.9 Å². The second-order valence-electron chi connectivity index (χ2n) is 5.59. The van der Waals surface area contributed by atoms with Crippen LogP contribution in [0.2, 0.25) is 0 Å². The van der Waals surface area contributed by atoms with Gasteiger partial charge in [-0.2, -0.15) is 0 Å². The van der Waals surface area contributed by atoms with Gasteiger partial charge >= 0.3 is 0 Å². The SMILES string of the molecule is C[C@@H](Sc1nnc2n1CCCCC2)C(=O)Nc1ccccc1F. The second-order valence-corrected chi connectivity index (χ2v) is 6.90. The van der Waals surface area contributed by atoms with Gasteiger partial charge in [0.15, 0.2) is 5.16 Å². The molecule has 5 nitrogen and oxygen atoms in total. The Morgan fingerprint density at radius 3 is 2.96 bits per heavy atom.